The summed E-state index contributed by atoms with van der Waals surface area (Å²) in [7, 11) is 0. The topological polar surface area (TPSA) is 55.2 Å². The van der Waals surface area contributed by atoms with Crippen LogP contribution in [0.15, 0.2) is 65.6 Å². The fraction of sp³-hybridized carbons (Fsp3) is 0.190. The number of carbonyl (C=O) groups excluding carboxylic acids is 1. The molecule has 0 unspecified atom stereocenters. The van der Waals surface area contributed by atoms with Crippen molar-refractivity contribution >= 4 is 11.6 Å². The minimum absolute atomic E-state index is 0.0109. The summed E-state index contributed by atoms with van der Waals surface area (Å²) in [4.78, 5) is 26.5. The molecule has 1 heterocycles. The van der Waals surface area contributed by atoms with Gasteiger partial charge in [0.1, 0.15) is 5.82 Å². The monoisotopic (exact) mass is 419 g/mol. The molecule has 0 atom stereocenters. The van der Waals surface area contributed by atoms with Crippen molar-refractivity contribution in [2.45, 2.75) is 26.1 Å². The number of amides is 1. The van der Waals surface area contributed by atoms with Gasteiger partial charge in [0.15, 0.2) is 5.69 Å². The number of aromatic nitrogens is 2. The fourth-order valence-electron chi connectivity index (χ4n) is 2.89. The van der Waals surface area contributed by atoms with Crippen LogP contribution in [0.25, 0.3) is 5.69 Å². The molecular formula is C21H17F4N3O2. The molecule has 0 aliphatic heterocycles. The Morgan fingerprint density at radius 1 is 1.07 bits per heavy atom. The highest BCUT2D eigenvalue weighted by atomic mass is 19.4. The van der Waals surface area contributed by atoms with Gasteiger partial charge in [0, 0.05) is 24.0 Å². The Hall–Kier alpha value is -3.49. The van der Waals surface area contributed by atoms with E-state index in [4.69, 9.17) is 0 Å². The molecule has 0 radical (unpaired) electrons. The van der Waals surface area contributed by atoms with Crippen molar-refractivity contribution in [3.63, 3.8) is 0 Å². The summed E-state index contributed by atoms with van der Waals surface area (Å²) in [6, 6.07) is 10.1. The molecule has 1 amide bonds. The normalized spacial score (nSPS) is 11.6. The highest BCUT2D eigenvalue weighted by molar-refractivity contribution is 6.05. The maximum atomic E-state index is 13.2. The molecule has 0 bridgehead atoms. The van der Waals surface area contributed by atoms with E-state index in [0.717, 1.165) is 23.1 Å². The van der Waals surface area contributed by atoms with Gasteiger partial charge in [-0.2, -0.15) is 18.3 Å². The molecule has 3 rings (SSSR count). The highest BCUT2D eigenvalue weighted by Crippen LogP contribution is 2.32. The maximum Gasteiger partial charge on any atom is 0.416 e. The lowest BCUT2D eigenvalue weighted by atomic mass is 10.1. The number of nitrogens with zero attached hydrogens (tertiary/aromatic N) is 3. The number of carbonyl (C=O) groups is 1. The molecule has 0 N–H and O–H groups in total. The van der Waals surface area contributed by atoms with E-state index in [1.54, 1.807) is 13.8 Å². The summed E-state index contributed by atoms with van der Waals surface area (Å²) < 4.78 is 53.7. The van der Waals surface area contributed by atoms with Gasteiger partial charge in [-0.15, -0.1) is 0 Å². The van der Waals surface area contributed by atoms with E-state index < -0.39 is 40.6 Å². The van der Waals surface area contributed by atoms with E-state index in [1.807, 2.05) is 0 Å². The summed E-state index contributed by atoms with van der Waals surface area (Å²) in [5.74, 6) is -1.31. The average molecular weight is 419 g/mol. The van der Waals surface area contributed by atoms with Crippen LogP contribution in [-0.2, 0) is 6.18 Å². The molecule has 2 aromatic carbocycles. The van der Waals surface area contributed by atoms with Crippen LogP contribution in [0, 0.1) is 5.82 Å². The first kappa shape index (κ1) is 21.2. The number of rotatable bonds is 4. The van der Waals surface area contributed by atoms with E-state index in [-0.39, 0.29) is 5.69 Å². The first-order valence-electron chi connectivity index (χ1n) is 8.94. The Morgan fingerprint density at radius 2 is 1.73 bits per heavy atom. The quantitative estimate of drug-likeness (QED) is 0.588. The SMILES string of the molecule is CC(C)N(C(=O)c1nn(-c2ccc(F)cc2)ccc1=O)c1cccc(C(F)(F)F)c1. The van der Waals surface area contributed by atoms with E-state index in [1.165, 1.54) is 47.3 Å². The zero-order valence-corrected chi connectivity index (χ0v) is 16.0. The van der Waals surface area contributed by atoms with Crippen LogP contribution in [0.5, 0.6) is 0 Å². The van der Waals surface area contributed by atoms with Gasteiger partial charge in [-0.3, -0.25) is 9.59 Å². The Labute approximate surface area is 169 Å². The van der Waals surface area contributed by atoms with Crippen LogP contribution in [-0.4, -0.2) is 21.7 Å². The van der Waals surface area contributed by atoms with Crippen LogP contribution in [0.1, 0.15) is 29.9 Å². The van der Waals surface area contributed by atoms with Gasteiger partial charge in [0.25, 0.3) is 5.91 Å². The minimum Gasteiger partial charge on any atom is -0.304 e. The van der Waals surface area contributed by atoms with E-state index >= 15 is 0 Å². The lowest BCUT2D eigenvalue weighted by molar-refractivity contribution is -0.137. The van der Waals surface area contributed by atoms with Crippen LogP contribution >= 0.6 is 0 Å². The molecule has 0 fully saturated rings. The fourth-order valence-corrected chi connectivity index (χ4v) is 2.89. The van der Waals surface area contributed by atoms with Crippen molar-refractivity contribution in [3.8, 4) is 5.69 Å². The van der Waals surface area contributed by atoms with Gasteiger partial charge in [-0.25, -0.2) is 9.07 Å². The molecule has 30 heavy (non-hydrogen) atoms. The molecule has 1 aromatic heterocycles. The summed E-state index contributed by atoms with van der Waals surface area (Å²) in [5, 5.41) is 4.04. The molecule has 0 aliphatic carbocycles. The molecule has 0 saturated heterocycles. The lowest BCUT2D eigenvalue weighted by Gasteiger charge is -2.27. The van der Waals surface area contributed by atoms with Gasteiger partial charge in [0.2, 0.25) is 5.43 Å². The largest absolute Gasteiger partial charge is 0.416 e. The van der Waals surface area contributed by atoms with Crippen molar-refractivity contribution in [2.75, 3.05) is 4.90 Å². The van der Waals surface area contributed by atoms with Gasteiger partial charge in [0.05, 0.1) is 11.3 Å². The predicted octanol–water partition coefficient (Wildman–Crippen LogP) is 4.45. The number of hydrogen-bond acceptors (Lipinski definition) is 3. The second-order valence-corrected chi connectivity index (χ2v) is 6.77. The van der Waals surface area contributed by atoms with Crippen molar-refractivity contribution in [1.82, 2.24) is 9.78 Å². The molecule has 156 valence electrons. The third-order valence-electron chi connectivity index (χ3n) is 4.29. The van der Waals surface area contributed by atoms with Crippen LogP contribution in [0.3, 0.4) is 0 Å². The minimum atomic E-state index is -4.58. The molecule has 3 aromatic rings. The first-order valence-corrected chi connectivity index (χ1v) is 8.94. The van der Waals surface area contributed by atoms with Gasteiger partial charge in [-0.05, 0) is 56.3 Å². The standard InChI is InChI=1S/C21H17F4N3O2/c1-13(2)28(17-5-3-4-14(12-17)21(23,24)25)20(30)19-18(29)10-11-27(26-19)16-8-6-15(22)7-9-16/h3-13H,1-2H3. The summed E-state index contributed by atoms with van der Waals surface area (Å²) in [6.45, 7) is 3.22. The maximum absolute atomic E-state index is 13.2. The summed E-state index contributed by atoms with van der Waals surface area (Å²) in [5.41, 5.74) is -1.67. The number of alkyl halides is 3. The molecule has 5 nitrogen and oxygen atoms in total. The van der Waals surface area contributed by atoms with E-state index in [2.05, 4.69) is 5.10 Å². The third kappa shape index (κ3) is 4.40. The van der Waals surface area contributed by atoms with Gasteiger partial charge < -0.3 is 4.90 Å². The Kier molecular flexibility index (Phi) is 5.73. The molecule has 0 spiro atoms. The van der Waals surface area contributed by atoms with Crippen molar-refractivity contribution < 1.29 is 22.4 Å². The van der Waals surface area contributed by atoms with E-state index in [9.17, 15) is 27.2 Å². The van der Waals surface area contributed by atoms with Crippen LogP contribution < -0.4 is 10.3 Å². The lowest BCUT2D eigenvalue weighted by Crippen LogP contribution is -2.40. The summed E-state index contributed by atoms with van der Waals surface area (Å²) in [6.07, 6.45) is -3.27. The average Bonchev–Trinajstić information content (AvgIpc) is 2.68. The van der Waals surface area contributed by atoms with Gasteiger partial charge in [-0.1, -0.05) is 6.07 Å². The molecule has 0 saturated carbocycles. The zero-order valence-electron chi connectivity index (χ0n) is 16.0. The second kappa shape index (κ2) is 8.10. The Balaban J connectivity index is 2.06. The number of benzene rings is 2. The smallest absolute Gasteiger partial charge is 0.304 e. The van der Waals surface area contributed by atoms with Crippen molar-refractivity contribution in [1.29, 1.82) is 0 Å². The Morgan fingerprint density at radius 3 is 2.33 bits per heavy atom. The number of hydrogen-bond donors (Lipinski definition) is 0. The van der Waals surface area contributed by atoms with Crippen LogP contribution in [0.4, 0.5) is 23.2 Å². The molecule has 9 heteroatoms. The molecule has 0 aliphatic rings. The van der Waals surface area contributed by atoms with Crippen molar-refractivity contribution in [2.24, 2.45) is 0 Å². The number of halogens is 4. The summed E-state index contributed by atoms with van der Waals surface area (Å²) >= 11 is 0. The molecular weight excluding hydrogens is 402 g/mol. The third-order valence-corrected chi connectivity index (χ3v) is 4.29. The van der Waals surface area contributed by atoms with Crippen molar-refractivity contribution in [3.05, 3.63) is 88.1 Å². The highest BCUT2D eigenvalue weighted by Gasteiger charge is 2.32. The van der Waals surface area contributed by atoms with Crippen LogP contribution in [0.2, 0.25) is 0 Å². The predicted molar refractivity (Wildman–Crippen MR) is 103 cm³/mol. The van der Waals surface area contributed by atoms with Gasteiger partial charge >= 0.3 is 6.18 Å². The number of anilines is 1. The zero-order chi connectivity index (χ0) is 22.1. The Bertz CT molecular complexity index is 1120. The first-order chi connectivity index (χ1) is 14.1. The second-order valence-electron chi connectivity index (χ2n) is 6.77. The van der Waals surface area contributed by atoms with E-state index in [0.29, 0.717) is 5.69 Å².